The maximum absolute atomic E-state index is 9.82. The van der Waals surface area contributed by atoms with Gasteiger partial charge >= 0.3 is 5.97 Å². The fourth-order valence-corrected chi connectivity index (χ4v) is 0.770. The van der Waals surface area contributed by atoms with Crippen LogP contribution in [0.3, 0.4) is 0 Å². The van der Waals surface area contributed by atoms with E-state index in [1.807, 2.05) is 0 Å². The Kier molecular flexibility index (Phi) is 6.58. The number of hydrogen-bond acceptors (Lipinski definition) is 3. The van der Waals surface area contributed by atoms with Crippen molar-refractivity contribution in [1.82, 2.24) is 0 Å². The number of esters is 1. The first kappa shape index (κ1) is 12.8. The zero-order valence-electron chi connectivity index (χ0n) is 8.16. The van der Waals surface area contributed by atoms with E-state index < -0.39 is 0 Å². The van der Waals surface area contributed by atoms with E-state index in [9.17, 15) is 4.79 Å². The van der Waals surface area contributed by atoms with Crippen LogP contribution in [0.2, 0.25) is 5.02 Å². The highest BCUT2D eigenvalue weighted by atomic mass is 35.5. The molecule has 1 aromatic carbocycles. The fourth-order valence-electron chi connectivity index (χ4n) is 0.644. The summed E-state index contributed by atoms with van der Waals surface area (Å²) in [6.07, 6.45) is 0. The minimum absolute atomic E-state index is 0.211. The number of benzene rings is 1. The van der Waals surface area contributed by atoms with E-state index >= 15 is 0 Å². The van der Waals surface area contributed by atoms with Gasteiger partial charge in [0.25, 0.3) is 0 Å². The Morgan fingerprint density at radius 1 is 1.43 bits per heavy atom. The second-order valence-corrected chi connectivity index (χ2v) is 2.84. The third-order valence-corrected chi connectivity index (χ3v) is 1.43. The molecule has 1 rings (SSSR count). The molecule has 0 aliphatic heterocycles. The molecule has 78 valence electrons. The van der Waals surface area contributed by atoms with Crippen LogP contribution in [-0.4, -0.2) is 17.7 Å². The predicted molar refractivity (Wildman–Crippen MR) is 55.4 cm³/mol. The molecule has 0 saturated carbocycles. The number of phenolic OH excluding ortho intramolecular Hbond substituents is 1. The lowest BCUT2D eigenvalue weighted by Gasteiger charge is -1.89. The molecular weight excluding hydrogens is 204 g/mol. The lowest BCUT2D eigenvalue weighted by Crippen LogP contribution is -1.95. The fraction of sp³-hybridized carbons (Fsp3) is 0.300. The van der Waals surface area contributed by atoms with Crippen LogP contribution >= 0.6 is 11.6 Å². The summed E-state index contributed by atoms with van der Waals surface area (Å²) in [7, 11) is 0. The van der Waals surface area contributed by atoms with Crippen LogP contribution in [0.5, 0.6) is 5.75 Å². The average Bonchev–Trinajstić information content (AvgIpc) is 2.11. The van der Waals surface area contributed by atoms with Gasteiger partial charge in [0.05, 0.1) is 6.61 Å². The van der Waals surface area contributed by atoms with Gasteiger partial charge < -0.3 is 9.84 Å². The second kappa shape index (κ2) is 7.21. The molecule has 4 heteroatoms. The maximum atomic E-state index is 9.82. The van der Waals surface area contributed by atoms with Crippen LogP contribution in [0.15, 0.2) is 24.3 Å². The molecule has 0 bridgehead atoms. The van der Waals surface area contributed by atoms with E-state index in [0.717, 1.165) is 0 Å². The van der Waals surface area contributed by atoms with Crippen molar-refractivity contribution in [1.29, 1.82) is 0 Å². The van der Waals surface area contributed by atoms with Crippen LogP contribution < -0.4 is 0 Å². The molecular formula is C10H13ClO3. The van der Waals surface area contributed by atoms with E-state index in [4.69, 9.17) is 16.7 Å². The third-order valence-electron chi connectivity index (χ3n) is 1.17. The van der Waals surface area contributed by atoms with Crippen molar-refractivity contribution in [3.8, 4) is 5.75 Å². The van der Waals surface area contributed by atoms with Gasteiger partial charge in [-0.2, -0.15) is 0 Å². The van der Waals surface area contributed by atoms with Crippen LogP contribution in [0.4, 0.5) is 0 Å². The smallest absolute Gasteiger partial charge is 0.302 e. The highest BCUT2D eigenvalue weighted by Crippen LogP contribution is 2.12. The van der Waals surface area contributed by atoms with Crippen molar-refractivity contribution >= 4 is 17.6 Å². The van der Waals surface area contributed by atoms with E-state index in [1.54, 1.807) is 31.2 Å². The minimum atomic E-state index is -0.211. The molecule has 0 atom stereocenters. The summed E-state index contributed by atoms with van der Waals surface area (Å²) in [6.45, 7) is 3.65. The summed E-state index contributed by atoms with van der Waals surface area (Å²) in [4.78, 5) is 9.82. The van der Waals surface area contributed by atoms with Crippen LogP contribution in [0, 0.1) is 0 Å². The molecule has 0 aromatic heterocycles. The molecule has 1 N–H and O–H groups in total. The molecule has 0 radical (unpaired) electrons. The summed E-state index contributed by atoms with van der Waals surface area (Å²) < 4.78 is 4.40. The van der Waals surface area contributed by atoms with Crippen molar-refractivity contribution < 1.29 is 14.6 Å². The molecule has 0 aliphatic carbocycles. The summed E-state index contributed by atoms with van der Waals surface area (Å²) in [5, 5.41) is 9.34. The van der Waals surface area contributed by atoms with E-state index in [-0.39, 0.29) is 11.7 Å². The van der Waals surface area contributed by atoms with E-state index in [2.05, 4.69) is 4.74 Å². The zero-order chi connectivity index (χ0) is 11.0. The normalized spacial score (nSPS) is 8.50. The number of ether oxygens (including phenoxy) is 1. The molecule has 0 aliphatic rings. The number of carbonyl (C=O) groups is 1. The van der Waals surface area contributed by atoms with Gasteiger partial charge in [-0.15, -0.1) is 0 Å². The Morgan fingerprint density at radius 2 is 1.93 bits per heavy atom. The summed E-state index contributed by atoms with van der Waals surface area (Å²) in [5.74, 6) is 0.0342. The lowest BCUT2D eigenvalue weighted by atomic mass is 10.3. The predicted octanol–water partition coefficient (Wildman–Crippen LogP) is 2.62. The summed E-state index contributed by atoms with van der Waals surface area (Å²) in [6, 6.07) is 6.36. The number of hydrogen-bond donors (Lipinski definition) is 1. The largest absolute Gasteiger partial charge is 0.508 e. The first-order valence-corrected chi connectivity index (χ1v) is 4.52. The Labute approximate surface area is 88.3 Å². The van der Waals surface area contributed by atoms with Gasteiger partial charge in [-0.25, -0.2) is 0 Å². The molecule has 0 amide bonds. The number of phenols is 1. The van der Waals surface area contributed by atoms with Crippen LogP contribution in [-0.2, 0) is 9.53 Å². The highest BCUT2D eigenvalue weighted by Gasteiger charge is 1.84. The average molecular weight is 217 g/mol. The SMILES string of the molecule is CCOC(C)=O.Oc1ccc(Cl)cc1. The highest BCUT2D eigenvalue weighted by molar-refractivity contribution is 6.30. The molecule has 0 fully saturated rings. The Bertz CT molecular complexity index is 248. The number of carbonyl (C=O) groups excluding carboxylic acids is 1. The van der Waals surface area contributed by atoms with Gasteiger partial charge in [0.15, 0.2) is 0 Å². The van der Waals surface area contributed by atoms with Crippen molar-refractivity contribution in [3.63, 3.8) is 0 Å². The molecule has 0 heterocycles. The number of rotatable bonds is 1. The van der Waals surface area contributed by atoms with E-state index in [1.165, 1.54) is 6.92 Å². The molecule has 14 heavy (non-hydrogen) atoms. The second-order valence-electron chi connectivity index (χ2n) is 2.40. The minimum Gasteiger partial charge on any atom is -0.508 e. The topological polar surface area (TPSA) is 46.5 Å². The lowest BCUT2D eigenvalue weighted by molar-refractivity contribution is -0.140. The number of aromatic hydroxyl groups is 1. The zero-order valence-corrected chi connectivity index (χ0v) is 8.91. The monoisotopic (exact) mass is 216 g/mol. The van der Waals surface area contributed by atoms with Crippen molar-refractivity contribution in [2.24, 2.45) is 0 Å². The van der Waals surface area contributed by atoms with Gasteiger partial charge in [0, 0.05) is 11.9 Å². The first-order chi connectivity index (χ1) is 6.56. The Balaban J connectivity index is 0.000000255. The van der Waals surface area contributed by atoms with Crippen molar-refractivity contribution in [2.75, 3.05) is 6.61 Å². The Morgan fingerprint density at radius 3 is 2.14 bits per heavy atom. The molecule has 0 saturated heterocycles. The maximum Gasteiger partial charge on any atom is 0.302 e. The standard InChI is InChI=1S/C6H5ClO.C4H8O2/c7-5-1-3-6(8)4-2-5;1-3-6-4(2)5/h1-4,8H;3H2,1-2H3. The van der Waals surface area contributed by atoms with Crippen molar-refractivity contribution in [2.45, 2.75) is 13.8 Å². The molecule has 0 unspecified atom stereocenters. The summed E-state index contributed by atoms with van der Waals surface area (Å²) >= 11 is 5.50. The molecule has 0 spiro atoms. The van der Waals surface area contributed by atoms with Crippen LogP contribution in [0.1, 0.15) is 13.8 Å². The molecule has 1 aromatic rings. The van der Waals surface area contributed by atoms with Gasteiger partial charge in [-0.1, -0.05) is 11.6 Å². The summed E-state index contributed by atoms with van der Waals surface area (Å²) in [5.41, 5.74) is 0. The number of halogens is 1. The van der Waals surface area contributed by atoms with Crippen molar-refractivity contribution in [3.05, 3.63) is 29.3 Å². The molecule has 3 nitrogen and oxygen atoms in total. The Hall–Kier alpha value is -1.22. The van der Waals surface area contributed by atoms with Gasteiger partial charge in [-0.3, -0.25) is 4.79 Å². The van der Waals surface area contributed by atoms with Gasteiger partial charge in [0.2, 0.25) is 0 Å². The van der Waals surface area contributed by atoms with Gasteiger partial charge in [-0.05, 0) is 31.2 Å². The van der Waals surface area contributed by atoms with Gasteiger partial charge in [0.1, 0.15) is 5.75 Å². The van der Waals surface area contributed by atoms with Crippen LogP contribution in [0.25, 0.3) is 0 Å². The third kappa shape index (κ3) is 7.43. The quantitative estimate of drug-likeness (QED) is 0.734. The van der Waals surface area contributed by atoms with E-state index in [0.29, 0.717) is 11.6 Å². The first-order valence-electron chi connectivity index (χ1n) is 4.14.